The lowest BCUT2D eigenvalue weighted by molar-refractivity contribution is -0.137. The summed E-state index contributed by atoms with van der Waals surface area (Å²) in [6.07, 6.45) is -3.31. The number of ketones is 1. The van der Waals surface area contributed by atoms with Crippen LogP contribution in [0.25, 0.3) is 0 Å². The lowest BCUT2D eigenvalue weighted by atomic mass is 10.1. The number of hydrogen-bond acceptors (Lipinski definition) is 6. The summed E-state index contributed by atoms with van der Waals surface area (Å²) in [5.74, 6) is -0.481. The van der Waals surface area contributed by atoms with Crippen molar-refractivity contribution in [2.45, 2.75) is 18.4 Å². The maximum atomic E-state index is 12.8. The summed E-state index contributed by atoms with van der Waals surface area (Å²) in [5, 5.41) is 0.613. The lowest BCUT2D eigenvalue weighted by Gasteiger charge is -2.13. The first-order valence-electron chi connectivity index (χ1n) is 7.81. The Balaban J connectivity index is 1.79. The molecule has 140 valence electrons. The van der Waals surface area contributed by atoms with Gasteiger partial charge in [0, 0.05) is 32.9 Å². The van der Waals surface area contributed by atoms with E-state index in [0.717, 1.165) is 23.5 Å². The summed E-state index contributed by atoms with van der Waals surface area (Å²) in [7, 11) is 3.20. The van der Waals surface area contributed by atoms with Crippen LogP contribution in [0, 0.1) is 0 Å². The van der Waals surface area contributed by atoms with Gasteiger partial charge in [0.1, 0.15) is 12.2 Å². The van der Waals surface area contributed by atoms with E-state index in [1.54, 1.807) is 14.2 Å². The fraction of sp³-hybridized carbons (Fsp3) is 0.412. The first-order valence-corrected chi connectivity index (χ1v) is 8.63. The highest BCUT2D eigenvalue weighted by Crippen LogP contribution is 2.32. The van der Waals surface area contributed by atoms with Gasteiger partial charge in [-0.25, -0.2) is 4.98 Å². The number of rotatable bonds is 5. The molecule has 3 rings (SSSR count). The predicted molar refractivity (Wildman–Crippen MR) is 90.8 cm³/mol. The molecule has 0 unspecified atom stereocenters. The molecule has 9 heteroatoms. The second-order valence-electron chi connectivity index (χ2n) is 5.87. The zero-order valence-electron chi connectivity index (χ0n) is 14.1. The van der Waals surface area contributed by atoms with Crippen molar-refractivity contribution in [2.75, 3.05) is 32.2 Å². The molecule has 1 fully saturated rings. The van der Waals surface area contributed by atoms with Crippen LogP contribution in [0.2, 0.25) is 0 Å². The molecule has 1 aliphatic rings. The second kappa shape index (κ2) is 7.34. The fourth-order valence-electron chi connectivity index (χ4n) is 2.85. The number of halogens is 3. The predicted octanol–water partition coefficient (Wildman–Crippen LogP) is 3.24. The number of anilines is 1. The van der Waals surface area contributed by atoms with Crippen LogP contribution in [0.5, 0.6) is 0 Å². The summed E-state index contributed by atoms with van der Waals surface area (Å²) >= 11 is 1.14. The number of nitrogens with zero attached hydrogens (tertiary/aromatic N) is 2. The van der Waals surface area contributed by atoms with Gasteiger partial charge in [-0.15, -0.1) is 0 Å². The molecule has 1 aliphatic heterocycles. The Labute approximate surface area is 152 Å². The molecule has 0 spiro atoms. The molecule has 5 nitrogen and oxygen atoms in total. The second-order valence-corrected chi connectivity index (χ2v) is 6.88. The number of thiazole rings is 1. The van der Waals surface area contributed by atoms with Crippen LogP contribution in [0.3, 0.4) is 0 Å². The molecule has 0 N–H and O–H groups in total. The van der Waals surface area contributed by atoms with Crippen molar-refractivity contribution in [1.82, 2.24) is 4.98 Å². The van der Waals surface area contributed by atoms with E-state index in [-0.39, 0.29) is 22.6 Å². The number of methoxy groups -OCH3 is 2. The standard InChI is InChI=1S/C17H17F3N2O3S/c1-24-12-8-22(9-13(12)25-2)16-21-7-14(26-16)15(23)10-4-3-5-11(6-10)17(18,19)20/h3-7,12-13H,8-9H2,1-2H3/t12-,13+. The van der Waals surface area contributed by atoms with E-state index in [1.807, 2.05) is 4.90 Å². The highest BCUT2D eigenvalue weighted by molar-refractivity contribution is 7.17. The minimum absolute atomic E-state index is 0.0130. The summed E-state index contributed by atoms with van der Waals surface area (Å²) in [5.41, 5.74) is -0.862. The molecule has 1 aromatic carbocycles. The number of carbonyl (C=O) groups is 1. The highest BCUT2D eigenvalue weighted by atomic mass is 32.1. The van der Waals surface area contributed by atoms with Crippen molar-refractivity contribution in [1.29, 1.82) is 0 Å². The largest absolute Gasteiger partial charge is 0.416 e. The number of carbonyl (C=O) groups excluding carboxylic acids is 1. The highest BCUT2D eigenvalue weighted by Gasteiger charge is 2.35. The van der Waals surface area contributed by atoms with Gasteiger partial charge < -0.3 is 14.4 Å². The number of alkyl halides is 3. The Morgan fingerprint density at radius 3 is 2.46 bits per heavy atom. The van der Waals surface area contributed by atoms with Gasteiger partial charge in [0.15, 0.2) is 5.13 Å². The van der Waals surface area contributed by atoms with Gasteiger partial charge in [0.2, 0.25) is 5.78 Å². The van der Waals surface area contributed by atoms with Crippen molar-refractivity contribution in [3.05, 3.63) is 46.5 Å². The van der Waals surface area contributed by atoms with Crippen LogP contribution in [-0.4, -0.2) is 50.3 Å². The Kier molecular flexibility index (Phi) is 5.31. The molecule has 0 aliphatic carbocycles. The van der Waals surface area contributed by atoms with Gasteiger partial charge in [-0.05, 0) is 12.1 Å². The molecular formula is C17H17F3N2O3S. The van der Waals surface area contributed by atoms with Crippen LogP contribution in [0.4, 0.5) is 18.3 Å². The molecule has 0 amide bonds. The Bertz CT molecular complexity index is 782. The summed E-state index contributed by atoms with van der Waals surface area (Å²) in [4.78, 5) is 19.0. The SMILES string of the molecule is CO[C@H]1CN(c2ncc(C(=O)c3cccc(C(F)(F)F)c3)s2)C[C@H]1OC. The molecule has 2 heterocycles. The number of benzene rings is 1. The van der Waals surface area contributed by atoms with E-state index in [4.69, 9.17) is 9.47 Å². The monoisotopic (exact) mass is 386 g/mol. The first-order chi connectivity index (χ1) is 12.3. The van der Waals surface area contributed by atoms with E-state index in [2.05, 4.69) is 4.98 Å². The van der Waals surface area contributed by atoms with Crippen LogP contribution in [0.15, 0.2) is 30.5 Å². The van der Waals surface area contributed by atoms with E-state index >= 15 is 0 Å². The molecule has 2 aromatic rings. The third-order valence-electron chi connectivity index (χ3n) is 4.26. The molecular weight excluding hydrogens is 369 g/mol. The van der Waals surface area contributed by atoms with Crippen LogP contribution in [0.1, 0.15) is 20.8 Å². The molecule has 0 bridgehead atoms. The van der Waals surface area contributed by atoms with Gasteiger partial charge in [-0.3, -0.25) is 4.79 Å². The lowest BCUT2D eigenvalue weighted by Crippen LogP contribution is -2.27. The van der Waals surface area contributed by atoms with Gasteiger partial charge in [-0.2, -0.15) is 13.2 Å². The smallest absolute Gasteiger partial charge is 0.377 e. The average Bonchev–Trinajstić information content (AvgIpc) is 3.26. The number of hydrogen-bond donors (Lipinski definition) is 0. The van der Waals surface area contributed by atoms with Crippen LogP contribution < -0.4 is 4.90 Å². The van der Waals surface area contributed by atoms with E-state index in [1.165, 1.54) is 18.3 Å². The van der Waals surface area contributed by atoms with Crippen molar-refractivity contribution < 1.29 is 27.4 Å². The topological polar surface area (TPSA) is 51.7 Å². The molecule has 2 atom stereocenters. The minimum atomic E-state index is -4.49. The number of ether oxygens (including phenoxy) is 2. The minimum Gasteiger partial charge on any atom is -0.377 e. The van der Waals surface area contributed by atoms with Crippen molar-refractivity contribution in [3.8, 4) is 0 Å². The first kappa shape index (κ1) is 18.8. The van der Waals surface area contributed by atoms with Crippen LogP contribution in [-0.2, 0) is 15.7 Å². The summed E-state index contributed by atoms with van der Waals surface area (Å²) in [6, 6.07) is 4.40. The van der Waals surface area contributed by atoms with Gasteiger partial charge in [-0.1, -0.05) is 23.5 Å². The Morgan fingerprint density at radius 1 is 1.23 bits per heavy atom. The molecule has 0 radical (unpaired) electrons. The quantitative estimate of drug-likeness (QED) is 0.739. The maximum absolute atomic E-state index is 12.8. The average molecular weight is 386 g/mol. The molecule has 1 aromatic heterocycles. The zero-order valence-corrected chi connectivity index (χ0v) is 14.9. The Hall–Kier alpha value is -1.97. The van der Waals surface area contributed by atoms with Crippen molar-refractivity contribution in [3.63, 3.8) is 0 Å². The van der Waals surface area contributed by atoms with Crippen LogP contribution >= 0.6 is 11.3 Å². The van der Waals surface area contributed by atoms with Crippen molar-refractivity contribution in [2.24, 2.45) is 0 Å². The number of aromatic nitrogens is 1. The van der Waals surface area contributed by atoms with E-state index in [9.17, 15) is 18.0 Å². The van der Waals surface area contributed by atoms with Crippen molar-refractivity contribution >= 4 is 22.3 Å². The molecule has 1 saturated heterocycles. The fourth-order valence-corrected chi connectivity index (χ4v) is 3.74. The summed E-state index contributed by atoms with van der Waals surface area (Å²) in [6.45, 7) is 1.14. The molecule has 26 heavy (non-hydrogen) atoms. The van der Waals surface area contributed by atoms with Gasteiger partial charge in [0.25, 0.3) is 0 Å². The normalized spacial score (nSPS) is 20.6. The van der Waals surface area contributed by atoms with Gasteiger partial charge >= 0.3 is 6.18 Å². The maximum Gasteiger partial charge on any atom is 0.416 e. The third-order valence-corrected chi connectivity index (χ3v) is 5.32. The van der Waals surface area contributed by atoms with Gasteiger partial charge in [0.05, 0.1) is 16.6 Å². The summed E-state index contributed by atoms with van der Waals surface area (Å²) < 4.78 is 49.2. The molecule has 0 saturated carbocycles. The Morgan fingerprint density at radius 2 is 1.88 bits per heavy atom. The van der Waals surface area contributed by atoms with E-state index in [0.29, 0.717) is 18.2 Å². The van der Waals surface area contributed by atoms with E-state index < -0.39 is 17.5 Å². The zero-order chi connectivity index (χ0) is 18.9. The third kappa shape index (κ3) is 3.74.